The largest absolute Gasteiger partial charge is 0.497 e. The Kier molecular flexibility index (Phi) is 12.3. The lowest BCUT2D eigenvalue weighted by Gasteiger charge is -2.32. The molecule has 3 aromatic carbocycles. The summed E-state index contributed by atoms with van der Waals surface area (Å²) in [6.45, 7) is 5.73. The number of nitrogens with zero attached hydrogens (tertiary/aromatic N) is 2. The summed E-state index contributed by atoms with van der Waals surface area (Å²) in [5.74, 6) is 0.777. The van der Waals surface area contributed by atoms with Crippen LogP contribution in [-0.4, -0.2) is 72.2 Å². The molecule has 1 unspecified atom stereocenters. The number of hydrogen-bond donors (Lipinski definition) is 1. The molecule has 0 radical (unpaired) electrons. The number of anilines is 1. The third-order valence-electron chi connectivity index (χ3n) is 6.86. The Morgan fingerprint density at radius 2 is 1.57 bits per heavy atom. The van der Waals surface area contributed by atoms with E-state index in [0.29, 0.717) is 36.0 Å². The number of amides is 2. The number of carbonyl (C=O) groups is 2. The summed E-state index contributed by atoms with van der Waals surface area (Å²) in [6.07, 6.45) is 0.720. The molecule has 0 aliphatic carbocycles. The fourth-order valence-corrected chi connectivity index (χ4v) is 5.88. The van der Waals surface area contributed by atoms with Crippen LogP contribution in [0.1, 0.15) is 32.8 Å². The summed E-state index contributed by atoms with van der Waals surface area (Å²) in [7, 11) is 0.0744. The number of sulfonamides is 1. The van der Waals surface area contributed by atoms with E-state index in [9.17, 15) is 18.0 Å². The minimum atomic E-state index is -4.32. The van der Waals surface area contributed by atoms with E-state index in [2.05, 4.69) is 5.32 Å². The number of hydrogen-bond acceptors (Lipinski definition) is 8. The normalized spacial score (nSPS) is 11.7. The zero-order chi connectivity index (χ0) is 32.3. The Morgan fingerprint density at radius 3 is 2.18 bits per heavy atom. The molecular weight excluding hydrogens is 586 g/mol. The standard InChI is InChI=1S/C32H41N3O8S/c1-7-18-33-32(37)23(3)34(21-24-10-9-11-27(19-24)40-4)31(36)22-35(25-12-14-26(15-13-25)43-8-2)44(38,39)28-16-17-29(41-5)30(20-28)42-6/h9-17,19-20,23H,7-8,18,21-22H2,1-6H3,(H,33,37). The number of rotatable bonds is 16. The molecule has 3 rings (SSSR count). The molecule has 0 fully saturated rings. The second-order valence-electron chi connectivity index (χ2n) is 9.80. The van der Waals surface area contributed by atoms with Crippen LogP contribution in [0.2, 0.25) is 0 Å². The van der Waals surface area contributed by atoms with Crippen LogP contribution in [0.3, 0.4) is 0 Å². The first-order chi connectivity index (χ1) is 21.1. The van der Waals surface area contributed by atoms with Gasteiger partial charge in [-0.05, 0) is 74.4 Å². The first-order valence-corrected chi connectivity index (χ1v) is 15.7. The van der Waals surface area contributed by atoms with Crippen LogP contribution >= 0.6 is 0 Å². The molecule has 0 aromatic heterocycles. The van der Waals surface area contributed by atoms with E-state index in [1.807, 2.05) is 19.9 Å². The summed E-state index contributed by atoms with van der Waals surface area (Å²) in [4.78, 5) is 28.4. The minimum absolute atomic E-state index is 0.0459. The van der Waals surface area contributed by atoms with Crippen molar-refractivity contribution in [3.63, 3.8) is 0 Å². The molecule has 0 saturated heterocycles. The van der Waals surface area contributed by atoms with Crippen molar-refractivity contribution in [3.8, 4) is 23.0 Å². The summed E-state index contributed by atoms with van der Waals surface area (Å²) in [5.41, 5.74) is 0.948. The molecule has 1 atom stereocenters. The van der Waals surface area contributed by atoms with Gasteiger partial charge >= 0.3 is 0 Å². The van der Waals surface area contributed by atoms with Crippen molar-refractivity contribution >= 4 is 27.5 Å². The van der Waals surface area contributed by atoms with Gasteiger partial charge in [0.15, 0.2) is 11.5 Å². The van der Waals surface area contributed by atoms with Gasteiger partial charge in [0.1, 0.15) is 24.1 Å². The van der Waals surface area contributed by atoms with E-state index < -0.39 is 28.5 Å². The Bertz CT molecular complexity index is 1510. The third kappa shape index (κ3) is 8.34. The van der Waals surface area contributed by atoms with Gasteiger partial charge in [-0.2, -0.15) is 0 Å². The molecule has 11 nitrogen and oxygen atoms in total. The van der Waals surface area contributed by atoms with Crippen LogP contribution in [0, 0.1) is 0 Å². The molecule has 12 heteroatoms. The number of ether oxygens (including phenoxy) is 4. The van der Waals surface area contributed by atoms with E-state index >= 15 is 0 Å². The molecule has 2 amide bonds. The van der Waals surface area contributed by atoms with E-state index in [4.69, 9.17) is 18.9 Å². The first-order valence-electron chi connectivity index (χ1n) is 14.3. The van der Waals surface area contributed by atoms with Crippen LogP contribution in [0.5, 0.6) is 23.0 Å². The Hall–Kier alpha value is -4.45. The van der Waals surface area contributed by atoms with Gasteiger partial charge in [-0.15, -0.1) is 0 Å². The van der Waals surface area contributed by atoms with Crippen molar-refractivity contribution in [1.82, 2.24) is 10.2 Å². The predicted molar refractivity (Wildman–Crippen MR) is 168 cm³/mol. The second-order valence-corrected chi connectivity index (χ2v) is 11.7. The quantitative estimate of drug-likeness (QED) is 0.250. The zero-order valence-corrected chi connectivity index (χ0v) is 26.8. The lowest BCUT2D eigenvalue weighted by Crippen LogP contribution is -2.51. The maximum Gasteiger partial charge on any atom is 0.264 e. The van der Waals surface area contributed by atoms with Crippen LogP contribution in [-0.2, 0) is 26.2 Å². The summed E-state index contributed by atoms with van der Waals surface area (Å²) in [5, 5.41) is 2.83. The number of benzene rings is 3. The molecule has 0 aliphatic heterocycles. The first kappa shape index (κ1) is 34.0. The molecule has 1 N–H and O–H groups in total. The average molecular weight is 628 g/mol. The van der Waals surface area contributed by atoms with Crippen molar-refractivity contribution in [2.24, 2.45) is 0 Å². The fourth-order valence-electron chi connectivity index (χ4n) is 4.45. The fraction of sp³-hybridized carbons (Fsp3) is 0.375. The molecule has 0 spiro atoms. The van der Waals surface area contributed by atoms with Crippen molar-refractivity contribution in [2.45, 2.75) is 44.7 Å². The molecule has 0 saturated carbocycles. The molecule has 238 valence electrons. The predicted octanol–water partition coefficient (Wildman–Crippen LogP) is 4.25. The van der Waals surface area contributed by atoms with Gasteiger partial charge in [0.2, 0.25) is 11.8 Å². The molecule has 3 aromatic rings. The molecular formula is C32H41N3O8S. The second kappa shape index (κ2) is 15.9. The Labute approximate surface area is 259 Å². The summed E-state index contributed by atoms with van der Waals surface area (Å²) in [6, 6.07) is 16.9. The topological polar surface area (TPSA) is 124 Å². The van der Waals surface area contributed by atoms with Crippen molar-refractivity contribution < 1.29 is 37.0 Å². The summed E-state index contributed by atoms with van der Waals surface area (Å²) < 4.78 is 50.9. The van der Waals surface area contributed by atoms with Gasteiger partial charge in [0.05, 0.1) is 38.5 Å². The van der Waals surface area contributed by atoms with Crippen LogP contribution < -0.4 is 28.6 Å². The molecule has 0 aliphatic rings. The van der Waals surface area contributed by atoms with Gasteiger partial charge in [-0.3, -0.25) is 13.9 Å². The Morgan fingerprint density at radius 1 is 0.864 bits per heavy atom. The molecule has 44 heavy (non-hydrogen) atoms. The highest BCUT2D eigenvalue weighted by Crippen LogP contribution is 2.33. The van der Waals surface area contributed by atoms with Gasteiger partial charge in [0, 0.05) is 19.2 Å². The molecule has 0 bridgehead atoms. The third-order valence-corrected chi connectivity index (χ3v) is 8.63. The van der Waals surface area contributed by atoms with E-state index in [1.54, 1.807) is 49.4 Å². The highest BCUT2D eigenvalue weighted by atomic mass is 32.2. The van der Waals surface area contributed by atoms with Crippen molar-refractivity contribution in [2.75, 3.05) is 45.3 Å². The smallest absolute Gasteiger partial charge is 0.264 e. The lowest BCUT2D eigenvalue weighted by atomic mass is 10.1. The maximum atomic E-state index is 14.2. The SMILES string of the molecule is CCCNC(=O)C(C)N(Cc1cccc(OC)c1)C(=O)CN(c1ccc(OCC)cc1)S(=O)(=O)c1ccc(OC)c(OC)c1. The monoisotopic (exact) mass is 627 g/mol. The van der Waals surface area contributed by atoms with Crippen molar-refractivity contribution in [3.05, 3.63) is 72.3 Å². The Balaban J connectivity index is 2.08. The number of carbonyl (C=O) groups excluding carboxylic acids is 2. The average Bonchev–Trinajstić information content (AvgIpc) is 3.04. The highest BCUT2D eigenvalue weighted by Gasteiger charge is 2.33. The van der Waals surface area contributed by atoms with Gasteiger partial charge in [0.25, 0.3) is 10.0 Å². The minimum Gasteiger partial charge on any atom is -0.497 e. The van der Waals surface area contributed by atoms with E-state index in [-0.39, 0.29) is 28.8 Å². The van der Waals surface area contributed by atoms with Crippen LogP contribution in [0.15, 0.2) is 71.6 Å². The maximum absolute atomic E-state index is 14.2. The zero-order valence-electron chi connectivity index (χ0n) is 26.0. The number of nitrogens with one attached hydrogen (secondary N) is 1. The summed E-state index contributed by atoms with van der Waals surface area (Å²) >= 11 is 0. The van der Waals surface area contributed by atoms with E-state index in [1.165, 1.54) is 44.4 Å². The lowest BCUT2D eigenvalue weighted by molar-refractivity contribution is -0.139. The number of methoxy groups -OCH3 is 3. The van der Waals surface area contributed by atoms with Crippen LogP contribution in [0.4, 0.5) is 5.69 Å². The van der Waals surface area contributed by atoms with Gasteiger partial charge < -0.3 is 29.2 Å². The van der Waals surface area contributed by atoms with E-state index in [0.717, 1.165) is 10.7 Å². The molecule has 0 heterocycles. The van der Waals surface area contributed by atoms with Gasteiger partial charge in [-0.25, -0.2) is 8.42 Å². The van der Waals surface area contributed by atoms with Crippen LogP contribution in [0.25, 0.3) is 0 Å². The van der Waals surface area contributed by atoms with Crippen molar-refractivity contribution in [1.29, 1.82) is 0 Å². The van der Waals surface area contributed by atoms with Gasteiger partial charge in [-0.1, -0.05) is 19.1 Å². The highest BCUT2D eigenvalue weighted by molar-refractivity contribution is 7.92.